The van der Waals surface area contributed by atoms with Gasteiger partial charge < -0.3 is 19.4 Å². The normalized spacial score (nSPS) is 11.9. The maximum absolute atomic E-state index is 12.4. The van der Waals surface area contributed by atoms with Gasteiger partial charge in [0.15, 0.2) is 28.6 Å². The second kappa shape index (κ2) is 10.5. The zero-order valence-electron chi connectivity index (χ0n) is 17.8. The standard InChI is InChI=1S/C22H25ClN4O3S/c1-14(2)27-21(15(3)30-19-11-6-5-10-18(19)29-4)25-26-22(27)31-13-20(28)24-17-9-7-8-16(23)12-17/h5-12,14-15H,13H2,1-4H3,(H,24,28). The monoisotopic (exact) mass is 460 g/mol. The Bertz CT molecular complexity index is 1040. The lowest BCUT2D eigenvalue weighted by molar-refractivity contribution is -0.113. The highest BCUT2D eigenvalue weighted by molar-refractivity contribution is 7.99. The number of nitrogens with zero attached hydrogens (tertiary/aromatic N) is 3. The van der Waals surface area contributed by atoms with Crippen molar-refractivity contribution in [3.05, 3.63) is 59.4 Å². The Hall–Kier alpha value is -2.71. The van der Waals surface area contributed by atoms with E-state index >= 15 is 0 Å². The Morgan fingerprint density at radius 2 is 1.87 bits per heavy atom. The number of nitrogens with one attached hydrogen (secondary N) is 1. The Morgan fingerprint density at radius 3 is 2.55 bits per heavy atom. The SMILES string of the molecule is COc1ccccc1OC(C)c1nnc(SCC(=O)Nc2cccc(Cl)c2)n1C(C)C. The predicted octanol–water partition coefficient (Wildman–Crippen LogP) is 5.39. The van der Waals surface area contributed by atoms with E-state index in [4.69, 9.17) is 21.1 Å². The van der Waals surface area contributed by atoms with Gasteiger partial charge in [0, 0.05) is 16.8 Å². The highest BCUT2D eigenvalue weighted by Crippen LogP contribution is 2.32. The van der Waals surface area contributed by atoms with Crippen LogP contribution in [-0.4, -0.2) is 33.5 Å². The summed E-state index contributed by atoms with van der Waals surface area (Å²) < 4.78 is 13.4. The molecule has 1 heterocycles. The molecule has 0 saturated carbocycles. The molecule has 0 fully saturated rings. The Labute approximate surface area is 191 Å². The summed E-state index contributed by atoms with van der Waals surface area (Å²) in [6, 6.07) is 14.6. The third-order valence-corrected chi connectivity index (χ3v) is 5.56. The zero-order valence-corrected chi connectivity index (χ0v) is 19.4. The van der Waals surface area contributed by atoms with Gasteiger partial charge in [0.2, 0.25) is 5.91 Å². The molecule has 0 spiro atoms. The first-order valence-electron chi connectivity index (χ1n) is 9.81. The van der Waals surface area contributed by atoms with Crippen LogP contribution in [0.2, 0.25) is 5.02 Å². The van der Waals surface area contributed by atoms with E-state index in [9.17, 15) is 4.79 Å². The first-order valence-corrected chi connectivity index (χ1v) is 11.2. The van der Waals surface area contributed by atoms with Gasteiger partial charge in [-0.1, -0.05) is 41.6 Å². The number of carbonyl (C=O) groups excluding carboxylic acids is 1. The van der Waals surface area contributed by atoms with Crippen LogP contribution < -0.4 is 14.8 Å². The fourth-order valence-electron chi connectivity index (χ4n) is 3.00. The minimum absolute atomic E-state index is 0.0900. The Kier molecular flexibility index (Phi) is 7.81. The molecule has 0 saturated heterocycles. The largest absolute Gasteiger partial charge is 0.493 e. The van der Waals surface area contributed by atoms with Crippen LogP contribution in [0.25, 0.3) is 0 Å². The number of para-hydroxylation sites is 2. The lowest BCUT2D eigenvalue weighted by atomic mass is 10.3. The molecule has 1 atom stereocenters. The molecule has 1 N–H and O–H groups in total. The van der Waals surface area contributed by atoms with Gasteiger partial charge in [0.25, 0.3) is 0 Å². The molecule has 9 heteroatoms. The number of halogens is 1. The van der Waals surface area contributed by atoms with Crippen molar-refractivity contribution in [2.75, 3.05) is 18.2 Å². The number of thioether (sulfide) groups is 1. The molecule has 31 heavy (non-hydrogen) atoms. The second-order valence-electron chi connectivity index (χ2n) is 7.06. The summed E-state index contributed by atoms with van der Waals surface area (Å²) in [6.07, 6.45) is -0.360. The van der Waals surface area contributed by atoms with Crippen molar-refractivity contribution in [3.63, 3.8) is 0 Å². The van der Waals surface area contributed by atoms with Gasteiger partial charge in [0.05, 0.1) is 12.9 Å². The van der Waals surface area contributed by atoms with Crippen LogP contribution in [0.3, 0.4) is 0 Å². The average Bonchev–Trinajstić information content (AvgIpc) is 3.17. The molecule has 0 bridgehead atoms. The van der Waals surface area contributed by atoms with E-state index in [0.29, 0.717) is 33.2 Å². The molecule has 0 aliphatic rings. The van der Waals surface area contributed by atoms with Crippen LogP contribution in [0, 0.1) is 0 Å². The van der Waals surface area contributed by atoms with Gasteiger partial charge >= 0.3 is 0 Å². The molecule has 1 amide bonds. The summed E-state index contributed by atoms with van der Waals surface area (Å²) in [6.45, 7) is 5.99. The van der Waals surface area contributed by atoms with Gasteiger partial charge in [-0.3, -0.25) is 4.79 Å². The van der Waals surface area contributed by atoms with Crippen molar-refractivity contribution in [1.82, 2.24) is 14.8 Å². The smallest absolute Gasteiger partial charge is 0.234 e. The third-order valence-electron chi connectivity index (χ3n) is 4.38. The van der Waals surface area contributed by atoms with Crippen LogP contribution >= 0.6 is 23.4 Å². The predicted molar refractivity (Wildman–Crippen MR) is 123 cm³/mol. The molecule has 164 valence electrons. The second-order valence-corrected chi connectivity index (χ2v) is 8.44. The van der Waals surface area contributed by atoms with Crippen molar-refractivity contribution in [1.29, 1.82) is 0 Å². The van der Waals surface area contributed by atoms with Gasteiger partial charge in [-0.25, -0.2) is 0 Å². The highest BCUT2D eigenvalue weighted by atomic mass is 35.5. The van der Waals surface area contributed by atoms with E-state index < -0.39 is 0 Å². The summed E-state index contributed by atoms with van der Waals surface area (Å²) in [5, 5.41) is 12.7. The van der Waals surface area contributed by atoms with Crippen LogP contribution in [0.4, 0.5) is 5.69 Å². The first-order chi connectivity index (χ1) is 14.9. The summed E-state index contributed by atoms with van der Waals surface area (Å²) in [7, 11) is 1.60. The molecule has 0 radical (unpaired) electrons. The molecule has 3 rings (SSSR count). The lowest BCUT2D eigenvalue weighted by Crippen LogP contribution is -2.16. The molecule has 1 aromatic heterocycles. The summed E-state index contributed by atoms with van der Waals surface area (Å²) >= 11 is 7.29. The Balaban J connectivity index is 1.70. The van der Waals surface area contributed by atoms with Gasteiger partial charge in [-0.15, -0.1) is 10.2 Å². The number of aromatic nitrogens is 3. The zero-order chi connectivity index (χ0) is 22.4. The molecular formula is C22H25ClN4O3S. The number of benzene rings is 2. The topological polar surface area (TPSA) is 78.3 Å². The van der Waals surface area contributed by atoms with E-state index in [1.165, 1.54) is 11.8 Å². The van der Waals surface area contributed by atoms with Crippen molar-refractivity contribution in [3.8, 4) is 11.5 Å². The van der Waals surface area contributed by atoms with Crippen LogP contribution in [-0.2, 0) is 4.79 Å². The van der Waals surface area contributed by atoms with E-state index in [2.05, 4.69) is 15.5 Å². The summed E-state index contributed by atoms with van der Waals surface area (Å²) in [5.74, 6) is 2.01. The molecule has 3 aromatic rings. The van der Waals surface area contributed by atoms with Crippen LogP contribution in [0.5, 0.6) is 11.5 Å². The molecule has 0 aliphatic heterocycles. The maximum atomic E-state index is 12.4. The van der Waals surface area contributed by atoms with E-state index in [1.807, 2.05) is 49.6 Å². The molecule has 2 aromatic carbocycles. The maximum Gasteiger partial charge on any atom is 0.234 e. The van der Waals surface area contributed by atoms with Gasteiger partial charge in [-0.05, 0) is 51.1 Å². The summed E-state index contributed by atoms with van der Waals surface area (Å²) in [4.78, 5) is 12.4. The first kappa shape index (κ1) is 23.0. The average molecular weight is 461 g/mol. The number of hydrogen-bond acceptors (Lipinski definition) is 6. The Morgan fingerprint density at radius 1 is 1.13 bits per heavy atom. The molecule has 1 unspecified atom stereocenters. The molecule has 0 aliphatic carbocycles. The fraction of sp³-hybridized carbons (Fsp3) is 0.318. The minimum Gasteiger partial charge on any atom is -0.493 e. The van der Waals surface area contributed by atoms with Crippen LogP contribution in [0.15, 0.2) is 53.7 Å². The number of hydrogen-bond donors (Lipinski definition) is 1. The van der Waals surface area contributed by atoms with Crippen molar-refractivity contribution < 1.29 is 14.3 Å². The summed E-state index contributed by atoms with van der Waals surface area (Å²) in [5.41, 5.74) is 0.656. The number of methoxy groups -OCH3 is 1. The molecular weight excluding hydrogens is 436 g/mol. The number of anilines is 1. The highest BCUT2D eigenvalue weighted by Gasteiger charge is 2.23. The van der Waals surface area contributed by atoms with E-state index in [0.717, 1.165) is 0 Å². The van der Waals surface area contributed by atoms with Crippen LogP contribution in [0.1, 0.15) is 38.7 Å². The van der Waals surface area contributed by atoms with Gasteiger partial charge in [-0.2, -0.15) is 0 Å². The van der Waals surface area contributed by atoms with Crippen molar-refractivity contribution >= 4 is 35.0 Å². The quantitative estimate of drug-likeness (QED) is 0.431. The number of rotatable bonds is 9. The fourth-order valence-corrected chi connectivity index (χ4v) is 4.07. The number of carbonyl (C=O) groups is 1. The lowest BCUT2D eigenvalue weighted by Gasteiger charge is -2.19. The van der Waals surface area contributed by atoms with Crippen molar-refractivity contribution in [2.45, 2.75) is 38.1 Å². The van der Waals surface area contributed by atoms with Gasteiger partial charge in [0.1, 0.15) is 0 Å². The minimum atomic E-state index is -0.360. The number of amides is 1. The third kappa shape index (κ3) is 5.92. The number of ether oxygens (including phenoxy) is 2. The van der Waals surface area contributed by atoms with Crippen molar-refractivity contribution in [2.24, 2.45) is 0 Å². The molecule has 7 nitrogen and oxygen atoms in total. The van der Waals surface area contributed by atoms with E-state index in [-0.39, 0.29) is 23.8 Å². The van der Waals surface area contributed by atoms with E-state index in [1.54, 1.807) is 31.4 Å².